The van der Waals surface area contributed by atoms with Crippen LogP contribution in [0.25, 0.3) is 0 Å². The number of anilines is 1. The minimum Gasteiger partial charge on any atom is -0.489 e. The molecule has 1 N–H and O–H groups in total. The van der Waals surface area contributed by atoms with Crippen LogP contribution in [0, 0.1) is 19.7 Å². The van der Waals surface area contributed by atoms with Crippen LogP contribution in [0.2, 0.25) is 5.02 Å². The lowest BCUT2D eigenvalue weighted by molar-refractivity contribution is 0.104. The molecule has 3 aromatic carbocycles. The normalized spacial score (nSPS) is 10.9. The molecule has 3 rings (SSSR count). The summed E-state index contributed by atoms with van der Waals surface area (Å²) in [5.41, 5.74) is 4.11. The van der Waals surface area contributed by atoms with Gasteiger partial charge in [-0.25, -0.2) is 4.39 Å². The molecule has 0 aromatic heterocycles. The van der Waals surface area contributed by atoms with Gasteiger partial charge >= 0.3 is 0 Å². The van der Waals surface area contributed by atoms with Crippen LogP contribution in [0.4, 0.5) is 10.1 Å². The van der Waals surface area contributed by atoms with Gasteiger partial charge in [0.2, 0.25) is 0 Å². The highest BCUT2D eigenvalue weighted by Crippen LogP contribution is 2.22. The second-order valence-corrected chi connectivity index (χ2v) is 7.01. The lowest BCUT2D eigenvalue weighted by Gasteiger charge is -2.09. The molecule has 0 spiro atoms. The number of rotatable bonds is 7. The molecule has 0 heterocycles. The number of hydrogen-bond donors (Lipinski definition) is 1. The summed E-state index contributed by atoms with van der Waals surface area (Å²) in [6.07, 6.45) is 3.12. The standard InChI is InChI=1S/C24H21ClFNO2/c1-16-5-3-8-23(17(16)2)27-14-13-24(28)18-9-11-19(12-10-18)29-15-20-21(25)6-4-7-22(20)26/h3-14,27H,15H2,1-2H3. The average molecular weight is 410 g/mol. The molecule has 148 valence electrons. The smallest absolute Gasteiger partial charge is 0.187 e. The van der Waals surface area contributed by atoms with E-state index in [4.69, 9.17) is 16.3 Å². The second kappa shape index (κ2) is 9.39. The van der Waals surface area contributed by atoms with Crippen LogP contribution in [-0.4, -0.2) is 5.78 Å². The molecule has 5 heteroatoms. The molecule has 29 heavy (non-hydrogen) atoms. The molecule has 0 atom stereocenters. The molecular formula is C24H21ClFNO2. The summed E-state index contributed by atoms with van der Waals surface area (Å²) >= 11 is 6.00. The van der Waals surface area contributed by atoms with E-state index in [9.17, 15) is 9.18 Å². The molecule has 0 aliphatic heterocycles. The van der Waals surface area contributed by atoms with Crippen LogP contribution in [0.1, 0.15) is 27.0 Å². The summed E-state index contributed by atoms with van der Waals surface area (Å²) in [5.74, 6) is -0.0179. The number of ether oxygens (including phenoxy) is 1. The summed E-state index contributed by atoms with van der Waals surface area (Å²) in [4.78, 5) is 12.3. The fourth-order valence-electron chi connectivity index (χ4n) is 2.75. The van der Waals surface area contributed by atoms with Gasteiger partial charge < -0.3 is 10.1 Å². The van der Waals surface area contributed by atoms with Crippen molar-refractivity contribution in [2.75, 3.05) is 5.32 Å². The SMILES string of the molecule is Cc1cccc(NC=CC(=O)c2ccc(OCc3c(F)cccc3Cl)cc2)c1C. The van der Waals surface area contributed by atoms with E-state index >= 15 is 0 Å². The minimum absolute atomic E-state index is 0.0124. The van der Waals surface area contributed by atoms with Crippen molar-refractivity contribution >= 4 is 23.1 Å². The first-order valence-corrected chi connectivity index (χ1v) is 9.53. The topological polar surface area (TPSA) is 38.3 Å². The van der Waals surface area contributed by atoms with Gasteiger partial charge in [-0.1, -0.05) is 29.8 Å². The Bertz CT molecular complexity index is 1020. The Morgan fingerprint density at radius 1 is 1.07 bits per heavy atom. The van der Waals surface area contributed by atoms with Gasteiger partial charge in [-0.05, 0) is 67.4 Å². The summed E-state index contributed by atoms with van der Waals surface area (Å²) in [6.45, 7) is 4.08. The first-order valence-electron chi connectivity index (χ1n) is 9.15. The van der Waals surface area contributed by atoms with Crippen molar-refractivity contribution in [3.05, 3.63) is 106 Å². The molecule has 0 unspecified atom stereocenters. The maximum Gasteiger partial charge on any atom is 0.187 e. The van der Waals surface area contributed by atoms with Gasteiger partial charge in [-0.2, -0.15) is 0 Å². The van der Waals surface area contributed by atoms with Crippen LogP contribution in [0.15, 0.2) is 72.9 Å². The summed E-state index contributed by atoms with van der Waals surface area (Å²) in [6, 6.07) is 17.2. The molecule has 0 bridgehead atoms. The fraction of sp³-hybridized carbons (Fsp3) is 0.125. The largest absolute Gasteiger partial charge is 0.489 e. The van der Waals surface area contributed by atoms with E-state index in [0.29, 0.717) is 21.9 Å². The number of hydrogen-bond acceptors (Lipinski definition) is 3. The van der Waals surface area contributed by atoms with E-state index in [0.717, 1.165) is 11.3 Å². The van der Waals surface area contributed by atoms with E-state index in [1.165, 1.54) is 17.7 Å². The number of ketones is 1. The summed E-state index contributed by atoms with van der Waals surface area (Å²) < 4.78 is 19.4. The van der Waals surface area contributed by atoms with Gasteiger partial charge in [-0.3, -0.25) is 4.79 Å². The maximum absolute atomic E-state index is 13.8. The van der Waals surface area contributed by atoms with E-state index in [1.807, 2.05) is 32.0 Å². The molecule has 3 aromatic rings. The Hall–Kier alpha value is -3.11. The molecule has 0 amide bonds. The van der Waals surface area contributed by atoms with Gasteiger partial charge in [0.15, 0.2) is 5.78 Å². The van der Waals surface area contributed by atoms with Crippen LogP contribution >= 0.6 is 11.6 Å². The molecule has 0 aliphatic rings. The molecule has 0 radical (unpaired) electrons. The van der Waals surface area contributed by atoms with Crippen molar-refractivity contribution in [2.24, 2.45) is 0 Å². The van der Waals surface area contributed by atoms with Crippen molar-refractivity contribution in [3.8, 4) is 5.75 Å². The fourth-order valence-corrected chi connectivity index (χ4v) is 2.97. The van der Waals surface area contributed by atoms with Crippen LogP contribution < -0.4 is 10.1 Å². The van der Waals surface area contributed by atoms with Gasteiger partial charge in [-0.15, -0.1) is 0 Å². The predicted octanol–water partition coefficient (Wildman–Crippen LogP) is 6.48. The van der Waals surface area contributed by atoms with Crippen LogP contribution in [-0.2, 0) is 6.61 Å². The van der Waals surface area contributed by atoms with Crippen molar-refractivity contribution in [1.29, 1.82) is 0 Å². The Balaban J connectivity index is 1.59. The number of allylic oxidation sites excluding steroid dienone is 1. The van der Waals surface area contributed by atoms with Gasteiger partial charge in [0.25, 0.3) is 0 Å². The lowest BCUT2D eigenvalue weighted by atomic mass is 10.1. The molecule has 0 aliphatic carbocycles. The number of aryl methyl sites for hydroxylation is 1. The molecule has 0 fully saturated rings. The van der Waals surface area contributed by atoms with Crippen molar-refractivity contribution in [1.82, 2.24) is 0 Å². The highest BCUT2D eigenvalue weighted by Gasteiger charge is 2.08. The van der Waals surface area contributed by atoms with Gasteiger partial charge in [0, 0.05) is 29.1 Å². The van der Waals surface area contributed by atoms with Gasteiger partial charge in [0.1, 0.15) is 18.2 Å². The Morgan fingerprint density at radius 3 is 2.52 bits per heavy atom. The summed E-state index contributed by atoms with van der Waals surface area (Å²) in [5, 5.41) is 3.46. The zero-order valence-corrected chi connectivity index (χ0v) is 17.0. The monoisotopic (exact) mass is 409 g/mol. The zero-order chi connectivity index (χ0) is 20.8. The van der Waals surface area contributed by atoms with Crippen LogP contribution in [0.3, 0.4) is 0 Å². The first kappa shape index (κ1) is 20.6. The van der Waals surface area contributed by atoms with E-state index < -0.39 is 5.82 Å². The zero-order valence-electron chi connectivity index (χ0n) is 16.2. The number of halogens is 2. The predicted molar refractivity (Wildman–Crippen MR) is 115 cm³/mol. The third kappa shape index (κ3) is 5.24. The van der Waals surface area contributed by atoms with E-state index in [-0.39, 0.29) is 12.4 Å². The highest BCUT2D eigenvalue weighted by atomic mass is 35.5. The molecular weight excluding hydrogens is 389 g/mol. The minimum atomic E-state index is -0.411. The molecule has 0 saturated heterocycles. The highest BCUT2D eigenvalue weighted by molar-refractivity contribution is 6.31. The van der Waals surface area contributed by atoms with E-state index in [1.54, 1.807) is 42.6 Å². The van der Waals surface area contributed by atoms with E-state index in [2.05, 4.69) is 5.32 Å². The number of nitrogens with one attached hydrogen (secondary N) is 1. The first-order chi connectivity index (χ1) is 14.0. The van der Waals surface area contributed by atoms with Crippen molar-refractivity contribution in [3.63, 3.8) is 0 Å². The number of benzene rings is 3. The maximum atomic E-state index is 13.8. The quantitative estimate of drug-likeness (QED) is 0.358. The van der Waals surface area contributed by atoms with Crippen LogP contribution in [0.5, 0.6) is 5.75 Å². The van der Waals surface area contributed by atoms with Gasteiger partial charge in [0.05, 0.1) is 5.02 Å². The Kier molecular flexibility index (Phi) is 6.68. The Morgan fingerprint density at radius 2 is 1.79 bits per heavy atom. The van der Waals surface area contributed by atoms with Crippen molar-refractivity contribution in [2.45, 2.75) is 20.5 Å². The second-order valence-electron chi connectivity index (χ2n) is 6.60. The third-order valence-corrected chi connectivity index (χ3v) is 5.02. The lowest BCUT2D eigenvalue weighted by Crippen LogP contribution is -2.00. The summed E-state index contributed by atoms with van der Waals surface area (Å²) in [7, 11) is 0. The number of carbonyl (C=O) groups excluding carboxylic acids is 1. The average Bonchev–Trinajstić information content (AvgIpc) is 2.71. The molecule has 0 saturated carbocycles. The Labute approximate surface area is 174 Å². The van der Waals surface area contributed by atoms with Crippen molar-refractivity contribution < 1.29 is 13.9 Å². The third-order valence-electron chi connectivity index (χ3n) is 4.66. The molecule has 3 nitrogen and oxygen atoms in total. The number of carbonyl (C=O) groups is 1.